The number of Topliss-reactive ketones (excluding diaryl/α,β-unsaturated/α-hetero) is 1. The van der Waals surface area contributed by atoms with E-state index in [0.29, 0.717) is 0 Å². The van der Waals surface area contributed by atoms with E-state index in [1.807, 2.05) is 0 Å². The van der Waals surface area contributed by atoms with Crippen molar-refractivity contribution in [3.63, 3.8) is 0 Å². The quantitative estimate of drug-likeness (QED) is 0.210. The molecule has 1 heterocycles. The van der Waals surface area contributed by atoms with Gasteiger partial charge >= 0.3 is 17.9 Å². The summed E-state index contributed by atoms with van der Waals surface area (Å²) in [6.07, 6.45) is -8.21. The molecule has 1 aromatic carbocycles. The molecule has 3 fully saturated rings. The van der Waals surface area contributed by atoms with E-state index in [-0.39, 0.29) is 29.7 Å². The fourth-order valence-electron chi connectivity index (χ4n) is 8.00. The van der Waals surface area contributed by atoms with Gasteiger partial charge in [0.2, 0.25) is 0 Å². The van der Waals surface area contributed by atoms with Crippen molar-refractivity contribution in [2.45, 2.75) is 89.2 Å². The van der Waals surface area contributed by atoms with Crippen LogP contribution in [0.5, 0.6) is 0 Å². The molecule has 0 aromatic heterocycles. The molecule has 12 nitrogen and oxygen atoms in total. The molecule has 0 radical (unpaired) electrons. The third kappa shape index (κ3) is 4.29. The molecule has 4 N–H and O–H groups in total. The van der Waals surface area contributed by atoms with Crippen LogP contribution in [0.25, 0.3) is 0 Å². The minimum absolute atomic E-state index is 0.0571. The monoisotopic (exact) mass is 602 g/mol. The first kappa shape index (κ1) is 31.3. The molecule has 0 unspecified atom stereocenters. The predicted molar refractivity (Wildman–Crippen MR) is 146 cm³/mol. The van der Waals surface area contributed by atoms with Crippen molar-refractivity contribution in [3.8, 4) is 0 Å². The Hall–Kier alpha value is -3.16. The molecule has 43 heavy (non-hydrogen) atoms. The van der Waals surface area contributed by atoms with Gasteiger partial charge in [0.15, 0.2) is 17.5 Å². The van der Waals surface area contributed by atoms with Crippen LogP contribution in [0.1, 0.15) is 57.8 Å². The Morgan fingerprint density at radius 3 is 2.23 bits per heavy atom. The van der Waals surface area contributed by atoms with Crippen molar-refractivity contribution in [2.75, 3.05) is 13.2 Å². The van der Waals surface area contributed by atoms with E-state index in [2.05, 4.69) is 0 Å². The lowest BCUT2D eigenvalue weighted by Crippen LogP contribution is -2.83. The zero-order valence-electron chi connectivity index (χ0n) is 24.7. The highest BCUT2D eigenvalue weighted by molar-refractivity contribution is 5.96. The summed E-state index contributed by atoms with van der Waals surface area (Å²) in [5.41, 5.74) is -7.37. The highest BCUT2D eigenvalue weighted by Gasteiger charge is 2.79. The zero-order valence-corrected chi connectivity index (χ0v) is 24.7. The molecular weight excluding hydrogens is 564 g/mol. The average Bonchev–Trinajstić information content (AvgIpc) is 2.93. The van der Waals surface area contributed by atoms with Gasteiger partial charge in [0, 0.05) is 32.1 Å². The Balaban J connectivity index is 1.87. The number of ether oxygens (including phenoxy) is 4. The molecule has 3 aliphatic carbocycles. The van der Waals surface area contributed by atoms with Gasteiger partial charge in [-0.3, -0.25) is 14.4 Å². The summed E-state index contributed by atoms with van der Waals surface area (Å²) in [6, 6.07) is 7.87. The number of benzene rings is 1. The van der Waals surface area contributed by atoms with Crippen LogP contribution in [-0.4, -0.2) is 99.1 Å². The molecular formula is C31H38O12. The molecule has 0 amide bonds. The van der Waals surface area contributed by atoms with Gasteiger partial charge in [-0.15, -0.1) is 0 Å². The average molecular weight is 603 g/mol. The number of aliphatic hydroxyl groups is 4. The zero-order chi connectivity index (χ0) is 31.7. The standard InChI is InChI=1S/C31H38O12/c1-15-19(35)12-31(39)26(42-27(38)18-9-7-6-8-10-18)24-29(13-32,20(36)11-21-30(24,14-40-21)43-17(3)34)25(37)23(41-16(2)33)22(15)28(31,4)5/h6-10,19-21,23-24,26,32,35-36,39H,11-14H2,1-5H3/t19-,20-,21+,23+,24-,26+,29+,30-,31+/m0/s1. The second kappa shape index (κ2) is 10.5. The van der Waals surface area contributed by atoms with Crippen LogP contribution in [0.4, 0.5) is 0 Å². The molecule has 1 aromatic rings. The number of esters is 3. The lowest BCUT2D eigenvalue weighted by atomic mass is 9.44. The molecule has 1 aliphatic heterocycles. The number of carbonyl (C=O) groups excluding carboxylic acids is 4. The maximum Gasteiger partial charge on any atom is 0.338 e. The molecule has 2 saturated carbocycles. The molecule has 5 rings (SSSR count). The van der Waals surface area contributed by atoms with Gasteiger partial charge in [-0.1, -0.05) is 32.0 Å². The van der Waals surface area contributed by atoms with Crippen molar-refractivity contribution in [1.82, 2.24) is 0 Å². The maximum absolute atomic E-state index is 14.9. The topological polar surface area (TPSA) is 186 Å². The van der Waals surface area contributed by atoms with Crippen LogP contribution in [0, 0.1) is 16.7 Å². The van der Waals surface area contributed by atoms with Gasteiger partial charge in [0.1, 0.15) is 17.8 Å². The van der Waals surface area contributed by atoms with E-state index < -0.39 is 95.2 Å². The van der Waals surface area contributed by atoms with Gasteiger partial charge in [-0.25, -0.2) is 4.79 Å². The molecule has 0 spiro atoms. The first-order chi connectivity index (χ1) is 20.1. The van der Waals surface area contributed by atoms with E-state index >= 15 is 0 Å². The summed E-state index contributed by atoms with van der Waals surface area (Å²) < 4.78 is 23.3. The largest absolute Gasteiger partial charge is 0.455 e. The van der Waals surface area contributed by atoms with E-state index in [4.69, 9.17) is 18.9 Å². The summed E-state index contributed by atoms with van der Waals surface area (Å²) in [6.45, 7) is 5.56. The van der Waals surface area contributed by atoms with Crippen LogP contribution >= 0.6 is 0 Å². The van der Waals surface area contributed by atoms with Crippen LogP contribution in [0.2, 0.25) is 0 Å². The van der Waals surface area contributed by atoms with E-state index in [0.717, 1.165) is 13.8 Å². The predicted octanol–water partition coefficient (Wildman–Crippen LogP) is 0.625. The van der Waals surface area contributed by atoms with Crippen LogP contribution < -0.4 is 0 Å². The number of hydrogen-bond acceptors (Lipinski definition) is 12. The smallest absolute Gasteiger partial charge is 0.338 e. The van der Waals surface area contributed by atoms with E-state index in [9.17, 15) is 39.6 Å². The summed E-state index contributed by atoms with van der Waals surface area (Å²) >= 11 is 0. The fourth-order valence-corrected chi connectivity index (χ4v) is 8.00. The Morgan fingerprint density at radius 2 is 1.70 bits per heavy atom. The Labute approximate surface area is 248 Å². The number of fused-ring (bicyclic) bond motifs is 5. The van der Waals surface area contributed by atoms with Gasteiger partial charge in [0.25, 0.3) is 0 Å². The minimum atomic E-state index is -2.28. The SMILES string of the molecule is CC(=O)O[C@H]1C(=O)[C@@]2(CO)[C@H]([C@@H](OC(=O)c3ccccc3)[C@]3(O)C[C@H](O)C(C)=C1C3(C)C)[C@]1(OC(C)=O)CO[C@@H]1C[C@@H]2O. The van der Waals surface area contributed by atoms with Crippen molar-refractivity contribution < 1.29 is 58.6 Å². The number of ketones is 1. The first-order valence-electron chi connectivity index (χ1n) is 14.3. The van der Waals surface area contributed by atoms with Crippen LogP contribution in [0.15, 0.2) is 41.5 Å². The first-order valence-corrected chi connectivity index (χ1v) is 14.3. The molecule has 2 bridgehead atoms. The van der Waals surface area contributed by atoms with Gasteiger partial charge < -0.3 is 39.4 Å². The van der Waals surface area contributed by atoms with Crippen LogP contribution in [0.3, 0.4) is 0 Å². The lowest BCUT2D eigenvalue weighted by Gasteiger charge is -2.67. The number of rotatable bonds is 5. The van der Waals surface area contributed by atoms with Crippen molar-refractivity contribution in [2.24, 2.45) is 16.7 Å². The van der Waals surface area contributed by atoms with Crippen molar-refractivity contribution in [3.05, 3.63) is 47.0 Å². The third-order valence-corrected chi connectivity index (χ3v) is 10.2. The third-order valence-electron chi connectivity index (χ3n) is 10.2. The normalized spacial score (nSPS) is 39.7. The Morgan fingerprint density at radius 1 is 1.05 bits per heavy atom. The second-order valence-electron chi connectivity index (χ2n) is 12.7. The molecule has 4 aliphatic rings. The second-order valence-corrected chi connectivity index (χ2v) is 12.7. The summed E-state index contributed by atoms with van der Waals surface area (Å²) in [7, 11) is 0. The van der Waals surface area contributed by atoms with Gasteiger partial charge in [-0.05, 0) is 30.2 Å². The van der Waals surface area contributed by atoms with Crippen molar-refractivity contribution in [1.29, 1.82) is 0 Å². The van der Waals surface area contributed by atoms with E-state index in [1.54, 1.807) is 32.0 Å². The van der Waals surface area contributed by atoms with Gasteiger partial charge in [-0.2, -0.15) is 0 Å². The molecule has 234 valence electrons. The number of carbonyl (C=O) groups is 4. The van der Waals surface area contributed by atoms with Crippen molar-refractivity contribution >= 4 is 23.7 Å². The summed E-state index contributed by atoms with van der Waals surface area (Å²) in [4.78, 5) is 53.6. The van der Waals surface area contributed by atoms with Crippen LogP contribution in [-0.2, 0) is 33.3 Å². The highest BCUT2D eigenvalue weighted by Crippen LogP contribution is 2.64. The molecule has 1 saturated heterocycles. The highest BCUT2D eigenvalue weighted by atomic mass is 16.6. The Bertz CT molecular complexity index is 1370. The fraction of sp³-hybridized carbons (Fsp3) is 0.613. The summed E-state index contributed by atoms with van der Waals surface area (Å²) in [5.74, 6) is -5.09. The molecule has 9 atom stereocenters. The summed E-state index contributed by atoms with van der Waals surface area (Å²) in [5, 5.41) is 47.0. The van der Waals surface area contributed by atoms with Gasteiger partial charge in [0.05, 0.1) is 42.3 Å². The van der Waals surface area contributed by atoms with E-state index in [1.165, 1.54) is 19.1 Å². The maximum atomic E-state index is 14.9. The number of hydrogen-bond donors (Lipinski definition) is 4. The minimum Gasteiger partial charge on any atom is -0.455 e. The molecule has 12 heteroatoms. The number of aliphatic hydroxyl groups excluding tert-OH is 3. The Kier molecular flexibility index (Phi) is 7.62. The lowest BCUT2D eigenvalue weighted by molar-refractivity contribution is -0.350.